The maximum Gasteiger partial charge on any atom is 0.416 e. The molecule has 2 aromatic carbocycles. The van der Waals surface area contributed by atoms with Crippen molar-refractivity contribution in [3.05, 3.63) is 82.0 Å². The monoisotopic (exact) mass is 531 g/mol. The number of pyridine rings is 1. The molecule has 1 N–H and O–H groups in total. The zero-order valence-electron chi connectivity index (χ0n) is 20.6. The molecule has 194 valence electrons. The van der Waals surface area contributed by atoms with Crippen LogP contribution in [0, 0.1) is 31.1 Å². The van der Waals surface area contributed by atoms with Gasteiger partial charge in [-0.15, -0.1) is 0 Å². The average molecular weight is 532 g/mol. The number of nitrogens with one attached hydrogen (secondary N) is 1. The largest absolute Gasteiger partial charge is 0.439 e. The molecule has 2 atom stereocenters. The maximum atomic E-state index is 13.0. The second-order valence-electron chi connectivity index (χ2n) is 8.75. The predicted molar refractivity (Wildman–Crippen MR) is 133 cm³/mol. The Labute approximate surface area is 218 Å². The number of benzene rings is 2. The lowest BCUT2D eigenvalue weighted by atomic mass is 10.0. The summed E-state index contributed by atoms with van der Waals surface area (Å²) in [5.41, 5.74) is 1.52. The number of nitriles is 1. The van der Waals surface area contributed by atoms with Crippen LogP contribution in [-0.4, -0.2) is 17.0 Å². The summed E-state index contributed by atoms with van der Waals surface area (Å²) in [7, 11) is 0. The third kappa shape index (κ3) is 7.14. The van der Waals surface area contributed by atoms with E-state index in [-0.39, 0.29) is 28.2 Å². The summed E-state index contributed by atoms with van der Waals surface area (Å²) in [6, 6.07) is 14.0. The Hall–Kier alpha value is -3.77. The Balaban J connectivity index is 1.76. The number of rotatable bonds is 8. The second-order valence-corrected chi connectivity index (χ2v) is 9.16. The minimum Gasteiger partial charge on any atom is -0.439 e. The molecule has 1 heterocycles. The van der Waals surface area contributed by atoms with Crippen molar-refractivity contribution in [3.63, 3.8) is 0 Å². The van der Waals surface area contributed by atoms with Crippen LogP contribution in [0.3, 0.4) is 0 Å². The number of esters is 1. The van der Waals surface area contributed by atoms with Crippen LogP contribution >= 0.6 is 11.6 Å². The topological polar surface area (TPSA) is 84.2 Å². The quantitative estimate of drug-likeness (QED) is 0.305. The van der Waals surface area contributed by atoms with Crippen LogP contribution in [0.2, 0.25) is 5.02 Å². The van der Waals surface area contributed by atoms with Crippen molar-refractivity contribution in [2.45, 2.75) is 46.0 Å². The van der Waals surface area contributed by atoms with E-state index < -0.39 is 29.9 Å². The van der Waals surface area contributed by atoms with E-state index in [9.17, 15) is 23.2 Å². The van der Waals surface area contributed by atoms with Gasteiger partial charge in [-0.1, -0.05) is 37.6 Å². The van der Waals surface area contributed by atoms with E-state index in [0.29, 0.717) is 5.75 Å². The number of hydrogen-bond donors (Lipinski definition) is 1. The van der Waals surface area contributed by atoms with E-state index >= 15 is 0 Å². The van der Waals surface area contributed by atoms with Crippen molar-refractivity contribution in [1.82, 2.24) is 4.98 Å². The number of ether oxygens (including phenoxy) is 2. The molecule has 1 aromatic heterocycles. The molecule has 3 aromatic rings. The van der Waals surface area contributed by atoms with E-state index in [0.717, 1.165) is 29.3 Å². The first-order valence-electron chi connectivity index (χ1n) is 11.3. The Bertz CT molecular complexity index is 1320. The molecular weight excluding hydrogens is 507 g/mol. The van der Waals surface area contributed by atoms with Gasteiger partial charge in [0.2, 0.25) is 12.0 Å². The fourth-order valence-corrected chi connectivity index (χ4v) is 3.58. The highest BCUT2D eigenvalue weighted by molar-refractivity contribution is 6.33. The molecule has 2 unspecified atom stereocenters. The molecule has 0 saturated heterocycles. The molecule has 0 saturated carbocycles. The first kappa shape index (κ1) is 27.8. The Morgan fingerprint density at radius 3 is 2.41 bits per heavy atom. The highest BCUT2D eigenvalue weighted by Crippen LogP contribution is 2.34. The van der Waals surface area contributed by atoms with E-state index in [1.54, 1.807) is 32.0 Å². The third-order valence-corrected chi connectivity index (χ3v) is 5.91. The number of aryl methyl sites for hydroxylation is 2. The Morgan fingerprint density at radius 1 is 1.08 bits per heavy atom. The molecule has 0 fully saturated rings. The zero-order valence-corrected chi connectivity index (χ0v) is 21.3. The van der Waals surface area contributed by atoms with Gasteiger partial charge in [-0.2, -0.15) is 18.4 Å². The van der Waals surface area contributed by atoms with E-state index in [4.69, 9.17) is 21.1 Å². The predicted octanol–water partition coefficient (Wildman–Crippen LogP) is 7.41. The van der Waals surface area contributed by atoms with E-state index in [1.165, 1.54) is 6.07 Å². The van der Waals surface area contributed by atoms with Gasteiger partial charge in [0.25, 0.3) is 0 Å². The van der Waals surface area contributed by atoms with Gasteiger partial charge in [-0.05, 0) is 67.3 Å². The fourth-order valence-electron chi connectivity index (χ4n) is 3.35. The van der Waals surface area contributed by atoms with Gasteiger partial charge >= 0.3 is 12.1 Å². The lowest BCUT2D eigenvalue weighted by Gasteiger charge is -2.24. The summed E-state index contributed by atoms with van der Waals surface area (Å²) in [5, 5.41) is 12.3. The standard InChI is InChI=1S/C27H25ClF3N3O3/c1-15(2)25(34-21-11-9-18(13-20(21)28)27(29,30)31)26(35)37-23(14-32)22-6-5-7-24(33-22)36-19-10-8-16(3)17(4)12-19/h5-13,15,23,25,34H,1-4H3. The molecular formula is C27H25ClF3N3O3. The van der Waals surface area contributed by atoms with Crippen LogP contribution in [0.25, 0.3) is 0 Å². The summed E-state index contributed by atoms with van der Waals surface area (Å²) in [6.07, 6.45) is -5.90. The molecule has 0 aliphatic rings. The first-order chi connectivity index (χ1) is 17.4. The van der Waals surface area contributed by atoms with Gasteiger partial charge in [-0.25, -0.2) is 9.78 Å². The smallest absolute Gasteiger partial charge is 0.416 e. The van der Waals surface area contributed by atoms with Crippen molar-refractivity contribution in [3.8, 4) is 17.7 Å². The molecule has 6 nitrogen and oxygen atoms in total. The van der Waals surface area contributed by atoms with Gasteiger partial charge in [0, 0.05) is 6.07 Å². The molecule has 0 amide bonds. The number of halogens is 4. The average Bonchev–Trinajstić information content (AvgIpc) is 2.83. The molecule has 3 rings (SSSR count). The SMILES string of the molecule is Cc1ccc(Oc2cccc(C(C#N)OC(=O)C(Nc3ccc(C(F)(F)F)cc3Cl)C(C)C)n2)cc1C. The van der Waals surface area contributed by atoms with Crippen LogP contribution in [0.15, 0.2) is 54.6 Å². The Kier molecular flexibility index (Phi) is 8.66. The summed E-state index contributed by atoms with van der Waals surface area (Å²) in [5.74, 6) is -0.361. The summed E-state index contributed by atoms with van der Waals surface area (Å²) >= 11 is 6.03. The maximum absolute atomic E-state index is 13.0. The lowest BCUT2D eigenvalue weighted by Crippen LogP contribution is -2.37. The van der Waals surface area contributed by atoms with Crippen molar-refractivity contribution < 1.29 is 27.4 Å². The summed E-state index contributed by atoms with van der Waals surface area (Å²) in [6.45, 7) is 7.37. The minimum absolute atomic E-state index is 0.126. The summed E-state index contributed by atoms with van der Waals surface area (Å²) in [4.78, 5) is 17.3. The molecule has 37 heavy (non-hydrogen) atoms. The van der Waals surface area contributed by atoms with Crippen molar-refractivity contribution in [2.75, 3.05) is 5.32 Å². The summed E-state index contributed by atoms with van der Waals surface area (Å²) < 4.78 is 50.1. The molecule has 0 spiro atoms. The number of carbonyl (C=O) groups excluding carboxylic acids is 1. The van der Waals surface area contributed by atoms with Crippen LogP contribution in [0.1, 0.15) is 42.3 Å². The van der Waals surface area contributed by atoms with Crippen LogP contribution in [0.4, 0.5) is 18.9 Å². The van der Waals surface area contributed by atoms with Gasteiger partial charge < -0.3 is 14.8 Å². The van der Waals surface area contributed by atoms with Crippen LogP contribution < -0.4 is 10.1 Å². The normalized spacial score (nSPS) is 13.0. The third-order valence-electron chi connectivity index (χ3n) is 5.59. The molecule has 0 aliphatic heterocycles. The second kappa shape index (κ2) is 11.5. The number of carbonyl (C=O) groups is 1. The number of anilines is 1. The molecule has 0 bridgehead atoms. The highest BCUT2D eigenvalue weighted by atomic mass is 35.5. The van der Waals surface area contributed by atoms with Gasteiger partial charge in [0.15, 0.2) is 0 Å². The Morgan fingerprint density at radius 2 is 1.81 bits per heavy atom. The zero-order chi connectivity index (χ0) is 27.3. The first-order valence-corrected chi connectivity index (χ1v) is 11.7. The highest BCUT2D eigenvalue weighted by Gasteiger charge is 2.32. The van der Waals surface area contributed by atoms with Gasteiger partial charge in [0.1, 0.15) is 17.9 Å². The van der Waals surface area contributed by atoms with Crippen LogP contribution in [-0.2, 0) is 15.7 Å². The van der Waals surface area contributed by atoms with E-state index in [1.807, 2.05) is 32.0 Å². The lowest BCUT2D eigenvalue weighted by molar-refractivity contribution is -0.149. The van der Waals surface area contributed by atoms with Gasteiger partial charge in [0.05, 0.1) is 22.0 Å². The number of nitrogens with zero attached hydrogens (tertiary/aromatic N) is 2. The number of alkyl halides is 3. The van der Waals surface area contributed by atoms with Crippen LogP contribution in [0.5, 0.6) is 11.6 Å². The van der Waals surface area contributed by atoms with E-state index in [2.05, 4.69) is 10.3 Å². The van der Waals surface area contributed by atoms with Crippen molar-refractivity contribution >= 4 is 23.3 Å². The molecule has 0 radical (unpaired) electrons. The van der Waals surface area contributed by atoms with Gasteiger partial charge in [-0.3, -0.25) is 0 Å². The number of aromatic nitrogens is 1. The number of hydrogen-bond acceptors (Lipinski definition) is 6. The molecule has 0 aliphatic carbocycles. The van der Waals surface area contributed by atoms with Crippen molar-refractivity contribution in [2.24, 2.45) is 5.92 Å². The fraction of sp³-hybridized carbons (Fsp3) is 0.296. The van der Waals surface area contributed by atoms with Crippen molar-refractivity contribution in [1.29, 1.82) is 5.26 Å². The molecule has 10 heteroatoms. The minimum atomic E-state index is -4.55.